The summed E-state index contributed by atoms with van der Waals surface area (Å²) in [6.07, 6.45) is 1.16. The molecule has 0 radical (unpaired) electrons. The Balaban J connectivity index is 0.00000132. The quantitative estimate of drug-likeness (QED) is 0.867. The molecule has 2 aromatic rings. The summed E-state index contributed by atoms with van der Waals surface area (Å²) in [7, 11) is 0. The van der Waals surface area contributed by atoms with Crippen LogP contribution in [0.3, 0.4) is 0 Å². The number of hydrogen-bond acceptors (Lipinski definition) is 2. The maximum absolute atomic E-state index is 3.44. The number of halogens is 2. The molecular formula is C19H26Cl2N2. The number of piperazine rings is 1. The van der Waals surface area contributed by atoms with E-state index in [2.05, 4.69) is 71.7 Å². The predicted octanol–water partition coefficient (Wildman–Crippen LogP) is 4.55. The topological polar surface area (TPSA) is 15.3 Å². The van der Waals surface area contributed by atoms with Crippen molar-refractivity contribution in [3.05, 3.63) is 60.2 Å². The summed E-state index contributed by atoms with van der Waals surface area (Å²) in [6, 6.07) is 20.2. The fourth-order valence-electron chi connectivity index (χ4n) is 3.25. The molecule has 1 atom stereocenters. The highest BCUT2D eigenvalue weighted by Gasteiger charge is 2.20. The lowest BCUT2D eigenvalue weighted by Crippen LogP contribution is -2.45. The van der Waals surface area contributed by atoms with E-state index in [0.29, 0.717) is 6.04 Å². The molecule has 1 fully saturated rings. The number of rotatable bonds is 4. The molecule has 1 saturated heterocycles. The number of nitrogens with one attached hydrogen (secondary N) is 1. The zero-order valence-corrected chi connectivity index (χ0v) is 15.2. The lowest BCUT2D eigenvalue weighted by Gasteiger charge is -2.35. The highest BCUT2D eigenvalue weighted by molar-refractivity contribution is 5.85. The Bertz CT molecular complexity index is 569. The maximum atomic E-state index is 3.44. The van der Waals surface area contributed by atoms with Gasteiger partial charge in [-0.15, -0.1) is 24.8 Å². The first-order valence-electron chi connectivity index (χ1n) is 7.98. The molecule has 0 aliphatic carbocycles. The molecule has 0 bridgehead atoms. The first kappa shape index (κ1) is 20.0. The van der Waals surface area contributed by atoms with Crippen LogP contribution in [-0.4, -0.2) is 31.1 Å². The van der Waals surface area contributed by atoms with Gasteiger partial charge in [-0.2, -0.15) is 0 Å². The Hall–Kier alpha value is -1.06. The Morgan fingerprint density at radius 1 is 0.913 bits per heavy atom. The van der Waals surface area contributed by atoms with Gasteiger partial charge in [0.1, 0.15) is 0 Å². The second-order valence-electron chi connectivity index (χ2n) is 5.70. The molecule has 23 heavy (non-hydrogen) atoms. The summed E-state index contributed by atoms with van der Waals surface area (Å²) in [5.74, 6) is 0. The number of nitrogens with zero attached hydrogens (tertiary/aromatic N) is 1. The minimum absolute atomic E-state index is 0. The summed E-state index contributed by atoms with van der Waals surface area (Å²) in [4.78, 5) is 2.61. The van der Waals surface area contributed by atoms with Gasteiger partial charge in [0.05, 0.1) is 0 Å². The molecule has 0 spiro atoms. The van der Waals surface area contributed by atoms with E-state index in [9.17, 15) is 0 Å². The molecule has 2 aromatic carbocycles. The van der Waals surface area contributed by atoms with Crippen molar-refractivity contribution in [1.82, 2.24) is 10.2 Å². The molecule has 3 rings (SSSR count). The van der Waals surface area contributed by atoms with Crippen molar-refractivity contribution in [2.24, 2.45) is 0 Å². The maximum Gasteiger partial charge on any atom is 0.0346 e. The third-order valence-corrected chi connectivity index (χ3v) is 4.36. The van der Waals surface area contributed by atoms with Gasteiger partial charge < -0.3 is 5.32 Å². The normalized spacial score (nSPS) is 16.0. The van der Waals surface area contributed by atoms with E-state index in [4.69, 9.17) is 0 Å². The van der Waals surface area contributed by atoms with Crippen LogP contribution in [0.25, 0.3) is 11.1 Å². The van der Waals surface area contributed by atoms with Crippen LogP contribution < -0.4 is 5.32 Å². The summed E-state index contributed by atoms with van der Waals surface area (Å²) in [5, 5.41) is 3.44. The van der Waals surface area contributed by atoms with Gasteiger partial charge >= 0.3 is 0 Å². The largest absolute Gasteiger partial charge is 0.314 e. The average molecular weight is 353 g/mol. The van der Waals surface area contributed by atoms with E-state index in [1.807, 2.05) is 0 Å². The smallest absolute Gasteiger partial charge is 0.0346 e. The third-order valence-electron chi connectivity index (χ3n) is 4.36. The van der Waals surface area contributed by atoms with Crippen molar-refractivity contribution in [2.45, 2.75) is 19.4 Å². The monoisotopic (exact) mass is 352 g/mol. The summed E-state index contributed by atoms with van der Waals surface area (Å²) >= 11 is 0. The van der Waals surface area contributed by atoms with E-state index in [0.717, 1.165) is 32.6 Å². The number of hydrogen-bond donors (Lipinski definition) is 1. The van der Waals surface area contributed by atoms with Gasteiger partial charge in [-0.25, -0.2) is 0 Å². The van der Waals surface area contributed by atoms with Crippen molar-refractivity contribution >= 4 is 24.8 Å². The summed E-state index contributed by atoms with van der Waals surface area (Å²) in [5.41, 5.74) is 4.07. The highest BCUT2D eigenvalue weighted by atomic mass is 35.5. The molecule has 1 aliphatic heterocycles. The van der Waals surface area contributed by atoms with Gasteiger partial charge in [0.2, 0.25) is 0 Å². The predicted molar refractivity (Wildman–Crippen MR) is 104 cm³/mol. The van der Waals surface area contributed by atoms with Crippen molar-refractivity contribution < 1.29 is 0 Å². The molecule has 0 unspecified atom stereocenters. The van der Waals surface area contributed by atoms with Crippen LogP contribution in [0.5, 0.6) is 0 Å². The fraction of sp³-hybridized carbons (Fsp3) is 0.368. The van der Waals surface area contributed by atoms with Crippen LogP contribution in [0, 0.1) is 0 Å². The molecule has 2 nitrogen and oxygen atoms in total. The van der Waals surface area contributed by atoms with Gasteiger partial charge in [0, 0.05) is 32.2 Å². The van der Waals surface area contributed by atoms with Crippen LogP contribution in [0.1, 0.15) is 24.9 Å². The Morgan fingerprint density at radius 3 is 2.22 bits per heavy atom. The van der Waals surface area contributed by atoms with Gasteiger partial charge in [-0.1, -0.05) is 55.5 Å². The first-order valence-corrected chi connectivity index (χ1v) is 7.98. The molecule has 1 heterocycles. The molecule has 4 heteroatoms. The van der Waals surface area contributed by atoms with Crippen molar-refractivity contribution in [2.75, 3.05) is 26.2 Å². The molecule has 0 amide bonds. The zero-order chi connectivity index (χ0) is 14.5. The molecule has 1 N–H and O–H groups in total. The second-order valence-corrected chi connectivity index (χ2v) is 5.70. The van der Waals surface area contributed by atoms with E-state index < -0.39 is 0 Å². The average Bonchev–Trinajstić information content (AvgIpc) is 2.58. The van der Waals surface area contributed by atoms with Crippen LogP contribution in [0.2, 0.25) is 0 Å². The molecular weight excluding hydrogens is 327 g/mol. The third kappa shape index (κ3) is 4.95. The SMILES string of the molecule is CC[C@H](c1cccc(-c2ccccc2)c1)N1CCNCC1.Cl.Cl. The molecule has 0 saturated carbocycles. The molecule has 1 aliphatic rings. The van der Waals surface area contributed by atoms with Crippen LogP contribution in [0.4, 0.5) is 0 Å². The van der Waals surface area contributed by atoms with E-state index in [-0.39, 0.29) is 24.8 Å². The Labute approximate surface area is 152 Å². The van der Waals surface area contributed by atoms with E-state index in [1.165, 1.54) is 16.7 Å². The molecule has 126 valence electrons. The van der Waals surface area contributed by atoms with Crippen LogP contribution >= 0.6 is 24.8 Å². The standard InChI is InChI=1S/C19H24N2.2ClH/c1-2-19(21-13-11-20-12-14-21)18-10-6-9-17(15-18)16-7-4-3-5-8-16;;/h3-10,15,19-20H,2,11-14H2,1H3;2*1H/t19-;;/m1../s1. The fourth-order valence-corrected chi connectivity index (χ4v) is 3.25. The lowest BCUT2D eigenvalue weighted by atomic mass is 9.97. The van der Waals surface area contributed by atoms with E-state index in [1.54, 1.807) is 0 Å². The van der Waals surface area contributed by atoms with Gasteiger partial charge in [0.15, 0.2) is 0 Å². The van der Waals surface area contributed by atoms with Crippen molar-refractivity contribution in [3.8, 4) is 11.1 Å². The lowest BCUT2D eigenvalue weighted by molar-refractivity contribution is 0.169. The van der Waals surface area contributed by atoms with Gasteiger partial charge in [0.25, 0.3) is 0 Å². The zero-order valence-electron chi connectivity index (χ0n) is 13.6. The minimum atomic E-state index is 0. The minimum Gasteiger partial charge on any atom is -0.314 e. The summed E-state index contributed by atoms with van der Waals surface area (Å²) in [6.45, 7) is 6.80. The second kappa shape index (κ2) is 9.94. The molecule has 0 aromatic heterocycles. The van der Waals surface area contributed by atoms with E-state index >= 15 is 0 Å². The van der Waals surface area contributed by atoms with Gasteiger partial charge in [-0.05, 0) is 29.2 Å². The first-order chi connectivity index (χ1) is 10.4. The van der Waals surface area contributed by atoms with Crippen molar-refractivity contribution in [3.63, 3.8) is 0 Å². The van der Waals surface area contributed by atoms with Crippen LogP contribution in [-0.2, 0) is 0 Å². The Kier molecular flexibility index (Phi) is 8.64. The summed E-state index contributed by atoms with van der Waals surface area (Å²) < 4.78 is 0. The van der Waals surface area contributed by atoms with Crippen LogP contribution in [0.15, 0.2) is 54.6 Å². The van der Waals surface area contributed by atoms with Gasteiger partial charge in [-0.3, -0.25) is 4.90 Å². The Morgan fingerprint density at radius 2 is 1.57 bits per heavy atom. The highest BCUT2D eigenvalue weighted by Crippen LogP contribution is 2.28. The van der Waals surface area contributed by atoms with Crippen molar-refractivity contribution in [1.29, 1.82) is 0 Å². The number of benzene rings is 2.